The van der Waals surface area contributed by atoms with Crippen LogP contribution in [0.2, 0.25) is 0 Å². The van der Waals surface area contributed by atoms with Gasteiger partial charge in [0.2, 0.25) is 21.8 Å². The second-order valence-electron chi connectivity index (χ2n) is 15.3. The third-order valence-corrected chi connectivity index (χ3v) is 13.2. The van der Waals surface area contributed by atoms with E-state index in [0.29, 0.717) is 38.5 Å². The van der Waals surface area contributed by atoms with Gasteiger partial charge in [-0.25, -0.2) is 13.2 Å². The van der Waals surface area contributed by atoms with Crippen molar-refractivity contribution < 1.29 is 45.5 Å². The van der Waals surface area contributed by atoms with E-state index in [2.05, 4.69) is 42.9 Å². The molecule has 6 rings (SSSR count). The predicted molar refractivity (Wildman–Crippen MR) is 194 cm³/mol. The molecule has 1 aromatic heterocycles. The first-order valence-corrected chi connectivity index (χ1v) is 20.0. The minimum atomic E-state index is -4.68. The lowest BCUT2D eigenvalue weighted by Gasteiger charge is -2.36. The number of likely N-dealkylation sites (tertiary alicyclic amines) is 1. The van der Waals surface area contributed by atoms with Crippen molar-refractivity contribution in [3.8, 4) is 0 Å². The number of nitrogens with zero attached hydrogens (tertiary/aromatic N) is 3. The molecule has 2 saturated carbocycles. The first-order chi connectivity index (χ1) is 24.7. The zero-order chi connectivity index (χ0) is 38.7. The number of amides is 4. The molecule has 4 aliphatic rings. The fraction of sp³-hybridized carbons (Fsp3) is 0.571. The van der Waals surface area contributed by atoms with Gasteiger partial charge in [-0.15, -0.1) is 0 Å². The first kappa shape index (κ1) is 39.0. The van der Waals surface area contributed by atoms with Crippen LogP contribution in [0.1, 0.15) is 76.5 Å². The molecule has 1 aromatic carbocycles. The van der Waals surface area contributed by atoms with Gasteiger partial charge in [-0.2, -0.15) is 13.2 Å². The van der Waals surface area contributed by atoms with Crippen molar-refractivity contribution in [2.75, 3.05) is 11.9 Å². The van der Waals surface area contributed by atoms with Crippen LogP contribution in [0.3, 0.4) is 0 Å². The third-order valence-electron chi connectivity index (χ3n) is 10.3. The number of anilines is 1. The SMILES string of the molecule is CC[C@@H]1C[C@]1(NC(=O)[C@@H]1C[C@@H](OC(=O)N2Cc3cccc(I)c3C2)CN1C(=O)[C@@H](Nc1cncc(C(F)(F)F)c1)C(C)(C)C)C(=O)NS(=O)(=O)C1CC1. The van der Waals surface area contributed by atoms with Crippen LogP contribution in [-0.4, -0.2) is 82.5 Å². The summed E-state index contributed by atoms with van der Waals surface area (Å²) in [5.74, 6) is -2.62. The van der Waals surface area contributed by atoms with Crippen molar-refractivity contribution in [2.45, 2.75) is 108 Å². The molecule has 2 aliphatic heterocycles. The van der Waals surface area contributed by atoms with Crippen LogP contribution in [0.15, 0.2) is 36.7 Å². The summed E-state index contributed by atoms with van der Waals surface area (Å²) in [5.41, 5.74) is -1.57. The molecule has 18 heteroatoms. The smallest absolute Gasteiger partial charge is 0.417 e. The molecule has 0 unspecified atom stereocenters. The number of halogens is 4. The topological polar surface area (TPSA) is 167 Å². The summed E-state index contributed by atoms with van der Waals surface area (Å²) in [6, 6.07) is 4.13. The fourth-order valence-corrected chi connectivity index (χ4v) is 9.14. The number of alkyl halides is 3. The molecule has 0 radical (unpaired) electrons. The van der Waals surface area contributed by atoms with Crippen molar-refractivity contribution >= 4 is 62.1 Å². The Hall–Kier alpha value is -3.68. The quantitative estimate of drug-likeness (QED) is 0.291. The van der Waals surface area contributed by atoms with Crippen LogP contribution in [0.25, 0.3) is 0 Å². The highest BCUT2D eigenvalue weighted by Gasteiger charge is 2.62. The second kappa shape index (κ2) is 14.2. The van der Waals surface area contributed by atoms with Crippen molar-refractivity contribution in [3.05, 3.63) is 56.9 Å². The number of rotatable bonds is 10. The Morgan fingerprint density at radius 1 is 1.11 bits per heavy atom. The van der Waals surface area contributed by atoms with E-state index in [0.717, 1.165) is 27.0 Å². The van der Waals surface area contributed by atoms with Gasteiger partial charge in [0.25, 0.3) is 5.91 Å². The first-order valence-electron chi connectivity index (χ1n) is 17.4. The minimum Gasteiger partial charge on any atom is -0.444 e. The normalized spacial score (nSPS) is 24.6. The molecule has 1 saturated heterocycles. The standard InChI is InChI=1S/C35H42F3IN6O7S/c1-5-20-13-34(20,31(48)43-53(50,51)24-9-10-24)42-29(46)27-12-23(52-32(49)44-16-19-7-6-8-26(39)25(19)18-44)17-45(27)30(47)28(33(2,3)4)41-22-11-21(14-40-15-22)35(36,37)38/h6-8,11,14-15,20,23-24,27-28,41H,5,9-10,12-13,16-18H2,1-4H3,(H,42,46)(H,43,48)/t20-,23-,27+,28-,34-/m1/s1. The van der Waals surface area contributed by atoms with Crippen LogP contribution >= 0.6 is 22.6 Å². The molecule has 3 heterocycles. The molecule has 0 spiro atoms. The molecule has 0 bridgehead atoms. The highest BCUT2D eigenvalue weighted by molar-refractivity contribution is 14.1. The number of hydrogen-bond donors (Lipinski definition) is 3. The van der Waals surface area contributed by atoms with Gasteiger partial charge < -0.3 is 20.3 Å². The van der Waals surface area contributed by atoms with Gasteiger partial charge in [-0.05, 0) is 76.4 Å². The van der Waals surface area contributed by atoms with Crippen molar-refractivity contribution in [3.63, 3.8) is 0 Å². The molecule has 4 amide bonds. The molecule has 13 nitrogen and oxygen atoms in total. The Balaban J connectivity index is 1.26. The zero-order valence-electron chi connectivity index (χ0n) is 29.6. The molecular formula is C35H42F3IN6O7S. The summed E-state index contributed by atoms with van der Waals surface area (Å²) in [7, 11) is -3.92. The number of ether oxygens (including phenoxy) is 1. The Bertz CT molecular complexity index is 1920. The minimum absolute atomic E-state index is 0.0734. The fourth-order valence-electron chi connectivity index (χ4n) is 7.05. The van der Waals surface area contributed by atoms with Gasteiger partial charge in [0, 0.05) is 28.9 Å². The molecule has 5 atom stereocenters. The monoisotopic (exact) mass is 874 g/mol. The average Bonchev–Trinajstić information content (AvgIpc) is 3.97. The van der Waals surface area contributed by atoms with Crippen molar-refractivity contribution in [1.82, 2.24) is 24.8 Å². The number of sulfonamides is 1. The summed E-state index contributed by atoms with van der Waals surface area (Å²) in [6.07, 6.45) is -3.10. The maximum Gasteiger partial charge on any atom is 0.417 e. The molecular weight excluding hydrogens is 832 g/mol. The Morgan fingerprint density at radius 3 is 2.43 bits per heavy atom. The lowest BCUT2D eigenvalue weighted by Crippen LogP contribution is -2.58. The summed E-state index contributed by atoms with van der Waals surface area (Å²) in [5, 5.41) is 4.98. The van der Waals surface area contributed by atoms with E-state index in [4.69, 9.17) is 4.74 Å². The number of hydrogen-bond acceptors (Lipinski definition) is 9. The average molecular weight is 875 g/mol. The largest absolute Gasteiger partial charge is 0.444 e. The third kappa shape index (κ3) is 8.22. The molecule has 288 valence electrons. The number of aromatic nitrogens is 1. The van der Waals surface area contributed by atoms with Crippen molar-refractivity contribution in [2.24, 2.45) is 11.3 Å². The van der Waals surface area contributed by atoms with E-state index in [1.807, 2.05) is 25.1 Å². The Morgan fingerprint density at radius 2 is 1.83 bits per heavy atom. The lowest BCUT2D eigenvalue weighted by molar-refractivity contribution is -0.141. The lowest BCUT2D eigenvalue weighted by atomic mass is 9.85. The number of carbonyl (C=O) groups excluding carboxylic acids is 4. The molecule has 2 aliphatic carbocycles. The number of pyridine rings is 1. The predicted octanol–water partition coefficient (Wildman–Crippen LogP) is 4.55. The van der Waals surface area contributed by atoms with Gasteiger partial charge >= 0.3 is 12.3 Å². The second-order valence-corrected chi connectivity index (χ2v) is 18.5. The Labute approximate surface area is 319 Å². The molecule has 53 heavy (non-hydrogen) atoms. The summed E-state index contributed by atoms with van der Waals surface area (Å²) in [6.45, 7) is 7.32. The van der Waals surface area contributed by atoms with Gasteiger partial charge in [0.1, 0.15) is 23.7 Å². The number of carbonyl (C=O) groups is 4. The molecule has 3 N–H and O–H groups in total. The Kier molecular flexibility index (Phi) is 10.4. The number of fused-ring (bicyclic) bond motifs is 1. The van der Waals surface area contributed by atoms with E-state index in [-0.39, 0.29) is 31.0 Å². The van der Waals surface area contributed by atoms with Crippen LogP contribution in [0, 0.1) is 14.9 Å². The molecule has 2 aromatic rings. The summed E-state index contributed by atoms with van der Waals surface area (Å²) in [4.78, 5) is 62.1. The molecule has 3 fully saturated rings. The summed E-state index contributed by atoms with van der Waals surface area (Å²) < 4.78 is 75.0. The van der Waals surface area contributed by atoms with E-state index in [1.165, 1.54) is 9.80 Å². The van der Waals surface area contributed by atoms with Crippen LogP contribution in [0.5, 0.6) is 0 Å². The van der Waals surface area contributed by atoms with Gasteiger partial charge in [-0.1, -0.05) is 46.2 Å². The van der Waals surface area contributed by atoms with E-state index >= 15 is 0 Å². The van der Waals surface area contributed by atoms with Crippen LogP contribution in [-0.2, 0) is 48.4 Å². The number of benzene rings is 1. The van der Waals surface area contributed by atoms with Gasteiger partial charge in [0.15, 0.2) is 0 Å². The highest BCUT2D eigenvalue weighted by atomic mass is 127. The van der Waals surface area contributed by atoms with E-state index < -0.39 is 80.0 Å². The van der Waals surface area contributed by atoms with Crippen molar-refractivity contribution in [1.29, 1.82) is 0 Å². The van der Waals surface area contributed by atoms with Crippen LogP contribution in [0.4, 0.5) is 23.7 Å². The van der Waals surface area contributed by atoms with E-state index in [1.54, 1.807) is 20.8 Å². The van der Waals surface area contributed by atoms with Gasteiger partial charge in [0.05, 0.1) is 29.6 Å². The summed E-state index contributed by atoms with van der Waals surface area (Å²) >= 11 is 2.20. The highest BCUT2D eigenvalue weighted by Crippen LogP contribution is 2.47. The zero-order valence-corrected chi connectivity index (χ0v) is 32.6. The van der Waals surface area contributed by atoms with Gasteiger partial charge in [-0.3, -0.25) is 29.0 Å². The van der Waals surface area contributed by atoms with Crippen LogP contribution < -0.4 is 15.4 Å². The maximum absolute atomic E-state index is 14.5. The van der Waals surface area contributed by atoms with E-state index in [9.17, 15) is 40.8 Å². The number of nitrogens with one attached hydrogen (secondary N) is 3. The maximum atomic E-state index is 14.5.